The van der Waals surface area contributed by atoms with Crippen molar-refractivity contribution >= 4 is 29.9 Å². The number of halogens is 1. The summed E-state index contributed by atoms with van der Waals surface area (Å²) in [7, 11) is 3.82. The quantitative estimate of drug-likeness (QED) is 0.452. The Morgan fingerprint density at radius 3 is 2.67 bits per heavy atom. The number of rotatable bonds is 3. The van der Waals surface area contributed by atoms with Gasteiger partial charge in [0.1, 0.15) is 5.82 Å². The van der Waals surface area contributed by atoms with Crippen LogP contribution in [-0.4, -0.2) is 45.8 Å². The van der Waals surface area contributed by atoms with Crippen molar-refractivity contribution in [3.63, 3.8) is 0 Å². The van der Waals surface area contributed by atoms with Gasteiger partial charge in [-0.25, -0.2) is 0 Å². The molecule has 1 atom stereocenters. The molecule has 0 bridgehead atoms. The molecule has 0 radical (unpaired) electrons. The van der Waals surface area contributed by atoms with Crippen LogP contribution in [0.15, 0.2) is 35.3 Å². The van der Waals surface area contributed by atoms with Crippen molar-refractivity contribution in [1.82, 2.24) is 25.0 Å². The van der Waals surface area contributed by atoms with E-state index in [-0.39, 0.29) is 24.0 Å². The van der Waals surface area contributed by atoms with Crippen LogP contribution in [0.5, 0.6) is 0 Å². The predicted octanol–water partition coefficient (Wildman–Crippen LogP) is 2.31. The van der Waals surface area contributed by atoms with E-state index in [1.807, 2.05) is 25.6 Å². The molecular formula is C17H25IN6. The third-order valence-corrected chi connectivity index (χ3v) is 4.56. The molecule has 0 saturated carbocycles. The lowest BCUT2D eigenvalue weighted by molar-refractivity contribution is 0.483. The zero-order valence-electron chi connectivity index (χ0n) is 14.4. The maximum Gasteiger partial charge on any atom is 0.194 e. The molecule has 1 aromatic carbocycles. The van der Waals surface area contributed by atoms with Crippen LogP contribution in [0.25, 0.3) is 0 Å². The van der Waals surface area contributed by atoms with Gasteiger partial charge in [-0.05, 0) is 18.9 Å². The van der Waals surface area contributed by atoms with Crippen molar-refractivity contribution in [3.8, 4) is 0 Å². The standard InChI is InChI=1S/C17H24N6.HI/c1-13-20-21-16(22(13)3)11-19-17(18-2)23-10-9-15(12-23)14-7-5-4-6-8-14;/h4-8,15H,9-12H2,1-3H3,(H,18,19);1H. The van der Waals surface area contributed by atoms with Gasteiger partial charge < -0.3 is 14.8 Å². The summed E-state index contributed by atoms with van der Waals surface area (Å²) < 4.78 is 2.00. The second kappa shape index (κ2) is 8.46. The first-order chi connectivity index (χ1) is 11.2. The van der Waals surface area contributed by atoms with E-state index in [2.05, 4.69) is 55.7 Å². The first-order valence-corrected chi connectivity index (χ1v) is 8.04. The SMILES string of the molecule is CN=C(NCc1nnc(C)n1C)N1CCC(c2ccccc2)C1.I. The first kappa shape index (κ1) is 18.7. The summed E-state index contributed by atoms with van der Waals surface area (Å²) in [5, 5.41) is 11.7. The lowest BCUT2D eigenvalue weighted by Crippen LogP contribution is -2.40. The Kier molecular flexibility index (Phi) is 6.59. The van der Waals surface area contributed by atoms with Crippen molar-refractivity contribution < 1.29 is 0 Å². The molecule has 0 spiro atoms. The second-order valence-electron chi connectivity index (χ2n) is 5.97. The molecule has 2 heterocycles. The average Bonchev–Trinajstić information content (AvgIpc) is 3.19. The van der Waals surface area contributed by atoms with Crippen molar-refractivity contribution in [1.29, 1.82) is 0 Å². The van der Waals surface area contributed by atoms with E-state index in [0.29, 0.717) is 12.5 Å². The van der Waals surface area contributed by atoms with E-state index in [1.165, 1.54) is 5.56 Å². The molecular weight excluding hydrogens is 415 g/mol. The number of hydrogen-bond donors (Lipinski definition) is 1. The number of likely N-dealkylation sites (tertiary alicyclic amines) is 1. The summed E-state index contributed by atoms with van der Waals surface area (Å²) in [5.41, 5.74) is 1.41. The van der Waals surface area contributed by atoms with Crippen LogP contribution in [0.3, 0.4) is 0 Å². The van der Waals surface area contributed by atoms with Gasteiger partial charge in [0.05, 0.1) is 6.54 Å². The van der Waals surface area contributed by atoms with Gasteiger partial charge >= 0.3 is 0 Å². The van der Waals surface area contributed by atoms with Crippen LogP contribution >= 0.6 is 24.0 Å². The van der Waals surface area contributed by atoms with Crippen LogP contribution in [0, 0.1) is 6.92 Å². The lowest BCUT2D eigenvalue weighted by Gasteiger charge is -2.21. The minimum Gasteiger partial charge on any atom is -0.349 e. The molecule has 24 heavy (non-hydrogen) atoms. The zero-order valence-corrected chi connectivity index (χ0v) is 16.8. The van der Waals surface area contributed by atoms with Gasteiger partial charge in [0.2, 0.25) is 0 Å². The first-order valence-electron chi connectivity index (χ1n) is 8.04. The number of hydrogen-bond acceptors (Lipinski definition) is 3. The van der Waals surface area contributed by atoms with Gasteiger partial charge in [0.15, 0.2) is 11.8 Å². The topological polar surface area (TPSA) is 58.3 Å². The van der Waals surface area contributed by atoms with Crippen LogP contribution < -0.4 is 5.32 Å². The van der Waals surface area contributed by atoms with Crippen molar-refractivity contribution in [3.05, 3.63) is 47.5 Å². The molecule has 3 rings (SSSR count). The summed E-state index contributed by atoms with van der Waals surface area (Å²) in [6.45, 7) is 4.62. The molecule has 1 unspecified atom stereocenters. The second-order valence-corrected chi connectivity index (χ2v) is 5.97. The largest absolute Gasteiger partial charge is 0.349 e. The number of nitrogens with zero attached hydrogens (tertiary/aromatic N) is 5. The number of guanidine groups is 1. The highest BCUT2D eigenvalue weighted by Gasteiger charge is 2.26. The number of benzene rings is 1. The van der Waals surface area contributed by atoms with E-state index in [0.717, 1.165) is 37.1 Å². The maximum absolute atomic E-state index is 4.42. The Labute approximate surface area is 160 Å². The summed E-state index contributed by atoms with van der Waals surface area (Å²) in [6, 6.07) is 10.7. The summed E-state index contributed by atoms with van der Waals surface area (Å²) in [4.78, 5) is 6.74. The van der Waals surface area contributed by atoms with Gasteiger partial charge in [-0.15, -0.1) is 34.2 Å². The van der Waals surface area contributed by atoms with Crippen LogP contribution in [-0.2, 0) is 13.6 Å². The van der Waals surface area contributed by atoms with E-state index in [1.54, 1.807) is 0 Å². The smallest absolute Gasteiger partial charge is 0.194 e. The molecule has 1 saturated heterocycles. The Balaban J connectivity index is 0.00000208. The van der Waals surface area contributed by atoms with Gasteiger partial charge in [-0.3, -0.25) is 4.99 Å². The number of aryl methyl sites for hydroxylation is 1. The van der Waals surface area contributed by atoms with E-state index in [9.17, 15) is 0 Å². The Hall–Kier alpha value is -1.64. The molecule has 1 fully saturated rings. The van der Waals surface area contributed by atoms with Crippen molar-refractivity contribution in [2.45, 2.75) is 25.8 Å². The third kappa shape index (κ3) is 4.06. The minimum absolute atomic E-state index is 0. The molecule has 2 aromatic rings. The van der Waals surface area contributed by atoms with Gasteiger partial charge in [-0.1, -0.05) is 30.3 Å². The van der Waals surface area contributed by atoms with E-state index in [4.69, 9.17) is 0 Å². The van der Waals surface area contributed by atoms with E-state index < -0.39 is 0 Å². The fraction of sp³-hybridized carbons (Fsp3) is 0.471. The lowest BCUT2D eigenvalue weighted by atomic mass is 9.99. The fourth-order valence-electron chi connectivity index (χ4n) is 3.05. The highest BCUT2D eigenvalue weighted by molar-refractivity contribution is 14.0. The Bertz CT molecular complexity index is 682. The highest BCUT2D eigenvalue weighted by Crippen LogP contribution is 2.26. The number of nitrogens with one attached hydrogen (secondary N) is 1. The molecule has 6 nitrogen and oxygen atoms in total. The molecule has 1 aliphatic rings. The minimum atomic E-state index is 0. The zero-order chi connectivity index (χ0) is 16.2. The molecule has 130 valence electrons. The van der Waals surface area contributed by atoms with Gasteiger partial charge in [0.25, 0.3) is 0 Å². The monoisotopic (exact) mass is 440 g/mol. The average molecular weight is 440 g/mol. The third-order valence-electron chi connectivity index (χ3n) is 4.56. The number of aromatic nitrogens is 3. The molecule has 1 N–H and O–H groups in total. The number of aliphatic imine (C=N–C) groups is 1. The fourth-order valence-corrected chi connectivity index (χ4v) is 3.05. The summed E-state index contributed by atoms with van der Waals surface area (Å²) in [5.74, 6) is 3.35. The highest BCUT2D eigenvalue weighted by atomic mass is 127. The van der Waals surface area contributed by atoms with Crippen LogP contribution in [0.1, 0.15) is 29.6 Å². The molecule has 1 aliphatic heterocycles. The maximum atomic E-state index is 4.42. The van der Waals surface area contributed by atoms with Crippen molar-refractivity contribution in [2.75, 3.05) is 20.1 Å². The molecule has 0 amide bonds. The van der Waals surface area contributed by atoms with Crippen LogP contribution in [0.2, 0.25) is 0 Å². The van der Waals surface area contributed by atoms with Crippen molar-refractivity contribution in [2.24, 2.45) is 12.0 Å². The molecule has 0 aliphatic carbocycles. The summed E-state index contributed by atoms with van der Waals surface area (Å²) in [6.07, 6.45) is 1.16. The van der Waals surface area contributed by atoms with Gasteiger partial charge in [-0.2, -0.15) is 0 Å². The summed E-state index contributed by atoms with van der Waals surface area (Å²) >= 11 is 0. The van der Waals surface area contributed by atoms with Crippen LogP contribution in [0.4, 0.5) is 0 Å². The molecule has 7 heteroatoms. The van der Waals surface area contributed by atoms with E-state index >= 15 is 0 Å². The Morgan fingerprint density at radius 1 is 1.29 bits per heavy atom. The predicted molar refractivity (Wildman–Crippen MR) is 107 cm³/mol. The molecule has 1 aromatic heterocycles. The normalized spacial score (nSPS) is 17.7. The Morgan fingerprint density at radius 2 is 2.04 bits per heavy atom. The van der Waals surface area contributed by atoms with Gasteiger partial charge in [0, 0.05) is 33.1 Å².